The predicted octanol–water partition coefficient (Wildman–Crippen LogP) is 1.56. The van der Waals surface area contributed by atoms with Gasteiger partial charge in [0.05, 0.1) is 23.4 Å². The van der Waals surface area contributed by atoms with E-state index in [0.717, 1.165) is 12.8 Å². The second kappa shape index (κ2) is 4.92. The molecular weight excluding hydrogens is 272 g/mol. The summed E-state index contributed by atoms with van der Waals surface area (Å²) in [5, 5.41) is 3.90. The fourth-order valence-electron chi connectivity index (χ4n) is 1.99. The van der Waals surface area contributed by atoms with Gasteiger partial charge in [-0.25, -0.2) is 9.78 Å². The topological polar surface area (TPSA) is 104 Å². The highest BCUT2D eigenvalue weighted by Gasteiger charge is 2.44. The summed E-state index contributed by atoms with van der Waals surface area (Å²) in [6.07, 6.45) is 1.72. The van der Waals surface area contributed by atoms with Crippen LogP contribution in [0, 0.1) is 6.92 Å². The zero-order valence-corrected chi connectivity index (χ0v) is 11.9. The van der Waals surface area contributed by atoms with E-state index in [4.69, 9.17) is 15.0 Å². The Labute approximate surface area is 121 Å². The van der Waals surface area contributed by atoms with Crippen molar-refractivity contribution in [1.29, 1.82) is 0 Å². The third-order valence-electron chi connectivity index (χ3n) is 3.46. The van der Waals surface area contributed by atoms with Crippen LogP contribution in [0.25, 0.3) is 11.6 Å². The molecule has 0 atom stereocenters. The van der Waals surface area contributed by atoms with Crippen LogP contribution in [0.4, 0.5) is 0 Å². The van der Waals surface area contributed by atoms with E-state index in [-0.39, 0.29) is 5.97 Å². The molecule has 2 aromatic heterocycles. The first-order valence-corrected chi connectivity index (χ1v) is 6.82. The minimum atomic E-state index is -0.443. The SMILES string of the molecule is CCOC(=O)c1ccc(-c2nc(C3(N)CC3)no2)nc1C. The number of carbonyl (C=O) groups excluding carboxylic acids is 1. The zero-order valence-electron chi connectivity index (χ0n) is 11.9. The van der Waals surface area contributed by atoms with Gasteiger partial charge in [-0.15, -0.1) is 0 Å². The molecule has 7 nitrogen and oxygen atoms in total. The number of esters is 1. The van der Waals surface area contributed by atoms with Gasteiger partial charge in [0.1, 0.15) is 5.69 Å². The molecule has 0 aromatic carbocycles. The Bertz CT molecular complexity index is 691. The molecule has 0 amide bonds. The average molecular weight is 288 g/mol. The Morgan fingerprint density at radius 2 is 2.19 bits per heavy atom. The highest BCUT2D eigenvalue weighted by Crippen LogP contribution is 2.41. The van der Waals surface area contributed by atoms with Gasteiger partial charge in [-0.3, -0.25) is 0 Å². The number of aromatic nitrogens is 3. The fraction of sp³-hybridized carbons (Fsp3) is 0.429. The molecule has 21 heavy (non-hydrogen) atoms. The number of hydrogen-bond acceptors (Lipinski definition) is 7. The number of ether oxygens (including phenoxy) is 1. The number of pyridine rings is 1. The van der Waals surface area contributed by atoms with Crippen LogP contribution >= 0.6 is 0 Å². The molecule has 2 N–H and O–H groups in total. The third kappa shape index (κ3) is 2.52. The first-order valence-electron chi connectivity index (χ1n) is 6.82. The molecule has 3 rings (SSSR count). The van der Waals surface area contributed by atoms with E-state index in [2.05, 4.69) is 15.1 Å². The van der Waals surface area contributed by atoms with Crippen molar-refractivity contribution >= 4 is 5.97 Å². The zero-order chi connectivity index (χ0) is 15.0. The Morgan fingerprint density at radius 1 is 1.43 bits per heavy atom. The lowest BCUT2D eigenvalue weighted by Gasteiger charge is -2.05. The Kier molecular flexibility index (Phi) is 3.21. The molecule has 110 valence electrons. The van der Waals surface area contributed by atoms with Gasteiger partial charge in [-0.05, 0) is 38.8 Å². The van der Waals surface area contributed by atoms with Gasteiger partial charge < -0.3 is 15.0 Å². The van der Waals surface area contributed by atoms with Crippen LogP contribution in [0.2, 0.25) is 0 Å². The van der Waals surface area contributed by atoms with Gasteiger partial charge in [-0.2, -0.15) is 4.98 Å². The monoisotopic (exact) mass is 288 g/mol. The molecule has 1 saturated carbocycles. The van der Waals surface area contributed by atoms with Gasteiger partial charge in [0.2, 0.25) is 0 Å². The number of aryl methyl sites for hydroxylation is 1. The summed E-state index contributed by atoms with van der Waals surface area (Å²) >= 11 is 0. The summed E-state index contributed by atoms with van der Waals surface area (Å²) in [4.78, 5) is 20.3. The van der Waals surface area contributed by atoms with Crippen LogP contribution in [0.5, 0.6) is 0 Å². The number of carbonyl (C=O) groups is 1. The number of hydrogen-bond donors (Lipinski definition) is 1. The highest BCUT2D eigenvalue weighted by atomic mass is 16.5. The number of nitrogens with zero attached hydrogens (tertiary/aromatic N) is 3. The lowest BCUT2D eigenvalue weighted by atomic mass is 10.2. The average Bonchev–Trinajstić information content (AvgIpc) is 3.02. The van der Waals surface area contributed by atoms with Crippen molar-refractivity contribution < 1.29 is 14.1 Å². The smallest absolute Gasteiger partial charge is 0.339 e. The van der Waals surface area contributed by atoms with Gasteiger partial charge in [0.25, 0.3) is 5.89 Å². The molecular formula is C14H16N4O3. The van der Waals surface area contributed by atoms with E-state index in [1.165, 1.54) is 0 Å². The summed E-state index contributed by atoms with van der Waals surface area (Å²) in [5.41, 5.74) is 7.08. The number of rotatable bonds is 4. The van der Waals surface area contributed by atoms with Gasteiger partial charge in [0.15, 0.2) is 5.82 Å². The molecule has 2 heterocycles. The highest BCUT2D eigenvalue weighted by molar-refractivity contribution is 5.90. The van der Waals surface area contributed by atoms with E-state index in [1.807, 2.05) is 0 Å². The Hall–Kier alpha value is -2.28. The molecule has 7 heteroatoms. The largest absolute Gasteiger partial charge is 0.462 e. The molecule has 0 saturated heterocycles. The molecule has 0 aliphatic heterocycles. The second-order valence-corrected chi connectivity index (χ2v) is 5.13. The molecule has 0 unspecified atom stereocenters. The minimum absolute atomic E-state index is 0.306. The van der Waals surface area contributed by atoms with Crippen LogP contribution < -0.4 is 5.73 Å². The van der Waals surface area contributed by atoms with E-state index in [1.54, 1.807) is 26.0 Å². The van der Waals surface area contributed by atoms with Crippen molar-refractivity contribution in [3.8, 4) is 11.6 Å². The Morgan fingerprint density at radius 3 is 2.81 bits per heavy atom. The normalized spacial score (nSPS) is 15.8. The molecule has 1 fully saturated rings. The third-order valence-corrected chi connectivity index (χ3v) is 3.46. The molecule has 0 spiro atoms. The van der Waals surface area contributed by atoms with Crippen LogP contribution in [0.15, 0.2) is 16.7 Å². The maximum Gasteiger partial charge on any atom is 0.339 e. The molecule has 1 aliphatic rings. The minimum Gasteiger partial charge on any atom is -0.462 e. The van der Waals surface area contributed by atoms with E-state index in [9.17, 15) is 4.79 Å². The van der Waals surface area contributed by atoms with E-state index >= 15 is 0 Å². The first kappa shape index (κ1) is 13.7. The predicted molar refractivity (Wildman–Crippen MR) is 73.3 cm³/mol. The molecule has 0 bridgehead atoms. The Balaban J connectivity index is 1.88. The van der Waals surface area contributed by atoms with Crippen LogP contribution in [0.1, 0.15) is 41.6 Å². The summed E-state index contributed by atoms with van der Waals surface area (Å²) in [6, 6.07) is 3.31. The summed E-state index contributed by atoms with van der Waals surface area (Å²) in [5.74, 6) is 0.422. The molecule has 2 aromatic rings. The van der Waals surface area contributed by atoms with E-state index in [0.29, 0.717) is 35.3 Å². The van der Waals surface area contributed by atoms with Crippen molar-refractivity contribution in [1.82, 2.24) is 15.1 Å². The molecule has 1 aliphatic carbocycles. The van der Waals surface area contributed by atoms with Crippen LogP contribution in [-0.4, -0.2) is 27.7 Å². The van der Waals surface area contributed by atoms with Crippen LogP contribution in [-0.2, 0) is 10.3 Å². The standard InChI is InChI=1S/C14H16N4O3/c1-3-20-12(19)9-4-5-10(16-8(9)2)11-17-13(18-21-11)14(15)6-7-14/h4-5H,3,6-7,15H2,1-2H3. The fourth-order valence-corrected chi connectivity index (χ4v) is 1.99. The summed E-state index contributed by atoms with van der Waals surface area (Å²) in [6.45, 7) is 3.82. The van der Waals surface area contributed by atoms with E-state index < -0.39 is 5.54 Å². The quantitative estimate of drug-likeness (QED) is 0.851. The summed E-state index contributed by atoms with van der Waals surface area (Å²) in [7, 11) is 0. The van der Waals surface area contributed by atoms with Crippen molar-refractivity contribution in [2.45, 2.75) is 32.2 Å². The number of nitrogens with two attached hydrogens (primary N) is 1. The maximum absolute atomic E-state index is 11.7. The summed E-state index contributed by atoms with van der Waals surface area (Å²) < 4.78 is 10.2. The van der Waals surface area contributed by atoms with Crippen molar-refractivity contribution in [2.75, 3.05) is 6.61 Å². The first-order chi connectivity index (χ1) is 10.0. The van der Waals surface area contributed by atoms with Crippen LogP contribution in [0.3, 0.4) is 0 Å². The van der Waals surface area contributed by atoms with Gasteiger partial charge in [0, 0.05) is 0 Å². The van der Waals surface area contributed by atoms with Gasteiger partial charge >= 0.3 is 5.97 Å². The van der Waals surface area contributed by atoms with Crippen molar-refractivity contribution in [2.24, 2.45) is 5.73 Å². The van der Waals surface area contributed by atoms with Crippen molar-refractivity contribution in [3.63, 3.8) is 0 Å². The molecule has 0 radical (unpaired) electrons. The lowest BCUT2D eigenvalue weighted by Crippen LogP contribution is -2.20. The lowest BCUT2D eigenvalue weighted by molar-refractivity contribution is 0.0525. The van der Waals surface area contributed by atoms with Crippen molar-refractivity contribution in [3.05, 3.63) is 29.2 Å². The second-order valence-electron chi connectivity index (χ2n) is 5.13. The van der Waals surface area contributed by atoms with Gasteiger partial charge in [-0.1, -0.05) is 5.16 Å². The maximum atomic E-state index is 11.7.